The molecule has 1 aromatic heterocycles. The molecule has 1 aliphatic rings. The average Bonchev–Trinajstić information content (AvgIpc) is 2.66. The van der Waals surface area contributed by atoms with Gasteiger partial charge in [-0.3, -0.25) is 0 Å². The van der Waals surface area contributed by atoms with E-state index in [1.54, 1.807) is 0 Å². The number of benzene rings is 1. The van der Waals surface area contributed by atoms with Crippen LogP contribution in [0.1, 0.15) is 22.9 Å². The van der Waals surface area contributed by atoms with Crippen molar-refractivity contribution in [3.8, 4) is 0 Å². The lowest BCUT2D eigenvalue weighted by atomic mass is 9.73. The number of rotatable bonds is 3. The summed E-state index contributed by atoms with van der Waals surface area (Å²) in [6.45, 7) is 0. The van der Waals surface area contributed by atoms with E-state index in [2.05, 4.69) is 29.2 Å². The second kappa shape index (κ2) is 4.00. The molecule has 3 rings (SSSR count). The Balaban J connectivity index is 1.74. The van der Waals surface area contributed by atoms with Gasteiger partial charge < -0.3 is 10.3 Å². The molecule has 2 atom stereocenters. The summed E-state index contributed by atoms with van der Waals surface area (Å²) in [5.74, 6) is 1.57. The third kappa shape index (κ3) is 1.76. The molecule has 0 amide bonds. The molecule has 0 aliphatic heterocycles. The lowest BCUT2D eigenvalue weighted by molar-refractivity contribution is 0.469. The first-order valence-corrected chi connectivity index (χ1v) is 6.05. The van der Waals surface area contributed by atoms with Crippen LogP contribution in [0, 0.1) is 0 Å². The molecule has 1 aromatic carbocycles. The number of nitrogens with zero attached hydrogens (tertiary/aromatic N) is 2. The average molecular weight is 227 g/mol. The zero-order chi connectivity index (χ0) is 11.8. The zero-order valence-electron chi connectivity index (χ0n) is 10.0. The van der Waals surface area contributed by atoms with Gasteiger partial charge >= 0.3 is 0 Å². The minimum absolute atomic E-state index is 0.172. The molecule has 0 saturated heterocycles. The fraction of sp³-hybridized carbons (Fsp3) is 0.357. The molecule has 0 spiro atoms. The van der Waals surface area contributed by atoms with Crippen molar-refractivity contribution in [2.24, 2.45) is 12.8 Å². The van der Waals surface area contributed by atoms with Crippen molar-refractivity contribution in [3.05, 3.63) is 53.6 Å². The fourth-order valence-electron chi connectivity index (χ4n) is 2.63. The van der Waals surface area contributed by atoms with Crippen molar-refractivity contribution in [1.29, 1.82) is 0 Å². The second-order valence-corrected chi connectivity index (χ2v) is 4.83. The molecule has 2 unspecified atom stereocenters. The van der Waals surface area contributed by atoms with Gasteiger partial charge in [0.25, 0.3) is 0 Å². The summed E-state index contributed by atoms with van der Waals surface area (Å²) >= 11 is 0. The monoisotopic (exact) mass is 227 g/mol. The summed E-state index contributed by atoms with van der Waals surface area (Å²) in [5.41, 5.74) is 9.18. The molecule has 3 heteroatoms. The molecular formula is C14H17N3. The Bertz CT molecular complexity index is 530. The molecule has 0 saturated carbocycles. The standard InChI is InChI=1S/C14H17N3/c1-17-7-6-16-14(17)9-13(15)12-8-10-4-2-3-5-11(10)12/h2-7,12-13H,8-9,15H2,1H3. The van der Waals surface area contributed by atoms with Crippen LogP contribution in [0.2, 0.25) is 0 Å². The summed E-state index contributed by atoms with van der Waals surface area (Å²) in [4.78, 5) is 4.34. The first-order valence-electron chi connectivity index (χ1n) is 6.05. The fourth-order valence-corrected chi connectivity index (χ4v) is 2.63. The Kier molecular flexibility index (Phi) is 2.48. The van der Waals surface area contributed by atoms with Crippen LogP contribution < -0.4 is 5.73 Å². The molecule has 0 radical (unpaired) electrons. The molecule has 1 aliphatic carbocycles. The van der Waals surface area contributed by atoms with Gasteiger partial charge in [-0.1, -0.05) is 24.3 Å². The number of imidazole rings is 1. The van der Waals surface area contributed by atoms with Crippen LogP contribution in [0.25, 0.3) is 0 Å². The summed E-state index contributed by atoms with van der Waals surface area (Å²) in [6.07, 6.45) is 5.76. The third-order valence-corrected chi connectivity index (χ3v) is 3.75. The Labute approximate surface area is 101 Å². The Morgan fingerprint density at radius 2 is 2.29 bits per heavy atom. The second-order valence-electron chi connectivity index (χ2n) is 4.83. The van der Waals surface area contributed by atoms with E-state index in [1.807, 2.05) is 24.0 Å². The topological polar surface area (TPSA) is 43.8 Å². The minimum Gasteiger partial charge on any atom is -0.338 e. The van der Waals surface area contributed by atoms with Crippen LogP contribution in [-0.4, -0.2) is 15.6 Å². The van der Waals surface area contributed by atoms with Crippen molar-refractivity contribution in [1.82, 2.24) is 9.55 Å². The highest BCUT2D eigenvalue weighted by Gasteiger charge is 2.31. The molecule has 0 fully saturated rings. The van der Waals surface area contributed by atoms with E-state index in [4.69, 9.17) is 5.73 Å². The van der Waals surface area contributed by atoms with Crippen LogP contribution in [0.5, 0.6) is 0 Å². The lowest BCUT2D eigenvalue weighted by Crippen LogP contribution is -2.37. The normalized spacial score (nSPS) is 19.5. The van der Waals surface area contributed by atoms with Crippen LogP contribution in [0.3, 0.4) is 0 Å². The summed E-state index contributed by atoms with van der Waals surface area (Å²) in [5, 5.41) is 0. The van der Waals surface area contributed by atoms with Crippen LogP contribution in [-0.2, 0) is 19.9 Å². The summed E-state index contributed by atoms with van der Waals surface area (Å²) < 4.78 is 2.05. The van der Waals surface area contributed by atoms with Gasteiger partial charge in [-0.2, -0.15) is 0 Å². The van der Waals surface area contributed by atoms with Crippen LogP contribution in [0.15, 0.2) is 36.7 Å². The molecule has 0 bridgehead atoms. The zero-order valence-corrected chi connectivity index (χ0v) is 10.0. The third-order valence-electron chi connectivity index (χ3n) is 3.75. The van der Waals surface area contributed by atoms with E-state index in [1.165, 1.54) is 11.1 Å². The highest BCUT2D eigenvalue weighted by atomic mass is 15.0. The van der Waals surface area contributed by atoms with E-state index < -0.39 is 0 Å². The maximum Gasteiger partial charge on any atom is 0.109 e. The van der Waals surface area contributed by atoms with Gasteiger partial charge in [0, 0.05) is 37.8 Å². The van der Waals surface area contributed by atoms with Gasteiger partial charge in [0.05, 0.1) is 0 Å². The number of fused-ring (bicyclic) bond motifs is 1. The molecule has 1 heterocycles. The number of aromatic nitrogens is 2. The maximum absolute atomic E-state index is 6.30. The Morgan fingerprint density at radius 1 is 1.47 bits per heavy atom. The SMILES string of the molecule is Cn1ccnc1CC(N)C1Cc2ccccc21. The number of hydrogen-bond donors (Lipinski definition) is 1. The van der Waals surface area contributed by atoms with Crippen molar-refractivity contribution < 1.29 is 0 Å². The first kappa shape index (κ1) is 10.5. The van der Waals surface area contributed by atoms with E-state index in [0.29, 0.717) is 5.92 Å². The molecular weight excluding hydrogens is 210 g/mol. The molecule has 2 N–H and O–H groups in total. The molecule has 2 aromatic rings. The van der Waals surface area contributed by atoms with Crippen molar-refractivity contribution in [2.75, 3.05) is 0 Å². The van der Waals surface area contributed by atoms with Crippen molar-refractivity contribution >= 4 is 0 Å². The quantitative estimate of drug-likeness (QED) is 0.866. The van der Waals surface area contributed by atoms with Gasteiger partial charge in [0.2, 0.25) is 0 Å². The Morgan fingerprint density at radius 3 is 3.00 bits per heavy atom. The Hall–Kier alpha value is -1.61. The smallest absolute Gasteiger partial charge is 0.109 e. The van der Waals surface area contributed by atoms with E-state index >= 15 is 0 Å². The predicted octanol–water partition coefficient (Wildman–Crippen LogP) is 1.63. The lowest BCUT2D eigenvalue weighted by Gasteiger charge is -2.34. The van der Waals surface area contributed by atoms with Crippen LogP contribution in [0.4, 0.5) is 0 Å². The molecule has 17 heavy (non-hydrogen) atoms. The highest BCUT2D eigenvalue weighted by Crippen LogP contribution is 2.37. The van der Waals surface area contributed by atoms with Crippen molar-refractivity contribution in [3.63, 3.8) is 0 Å². The molecule has 88 valence electrons. The van der Waals surface area contributed by atoms with Gasteiger partial charge in [0.1, 0.15) is 5.82 Å². The number of nitrogens with two attached hydrogens (primary N) is 1. The largest absolute Gasteiger partial charge is 0.338 e. The minimum atomic E-state index is 0.172. The summed E-state index contributed by atoms with van der Waals surface area (Å²) in [7, 11) is 2.02. The first-order chi connectivity index (χ1) is 8.25. The number of hydrogen-bond acceptors (Lipinski definition) is 2. The van der Waals surface area contributed by atoms with E-state index in [9.17, 15) is 0 Å². The van der Waals surface area contributed by atoms with Gasteiger partial charge in [-0.15, -0.1) is 0 Å². The predicted molar refractivity (Wildman–Crippen MR) is 67.8 cm³/mol. The van der Waals surface area contributed by atoms with Gasteiger partial charge in [-0.25, -0.2) is 4.98 Å². The van der Waals surface area contributed by atoms with Gasteiger partial charge in [0.15, 0.2) is 0 Å². The van der Waals surface area contributed by atoms with Gasteiger partial charge in [-0.05, 0) is 17.5 Å². The molecule has 3 nitrogen and oxygen atoms in total. The van der Waals surface area contributed by atoms with E-state index in [-0.39, 0.29) is 6.04 Å². The summed E-state index contributed by atoms with van der Waals surface area (Å²) in [6, 6.07) is 8.75. The van der Waals surface area contributed by atoms with Crippen LogP contribution >= 0.6 is 0 Å². The maximum atomic E-state index is 6.30. The highest BCUT2D eigenvalue weighted by molar-refractivity contribution is 5.41. The van der Waals surface area contributed by atoms with E-state index in [0.717, 1.165) is 18.7 Å². The number of aryl methyl sites for hydroxylation is 1. The van der Waals surface area contributed by atoms with Crippen molar-refractivity contribution in [2.45, 2.75) is 24.8 Å².